The molecule has 0 amide bonds. The minimum Gasteiger partial charge on any atom is -0.316 e. The van der Waals surface area contributed by atoms with Crippen molar-refractivity contribution in [1.82, 2.24) is 5.32 Å². The molecule has 0 aliphatic carbocycles. The van der Waals surface area contributed by atoms with Gasteiger partial charge in [0.25, 0.3) is 0 Å². The molecule has 0 bridgehead atoms. The number of rotatable bonds is 5. The molecule has 4 atom stereocenters. The fourth-order valence-corrected chi connectivity index (χ4v) is 5.71. The minimum absolute atomic E-state index is 0.632. The number of hydrogen-bond donors (Lipinski definition) is 1. The summed E-state index contributed by atoms with van der Waals surface area (Å²) in [7, 11) is 2.11. The molecule has 0 aromatic heterocycles. The van der Waals surface area contributed by atoms with Crippen LogP contribution in [-0.4, -0.2) is 34.6 Å². The second-order valence-electron chi connectivity index (χ2n) is 5.34. The fourth-order valence-electron chi connectivity index (χ4n) is 2.50. The molecule has 0 spiro atoms. The van der Waals surface area contributed by atoms with E-state index in [1.807, 2.05) is 0 Å². The molecule has 1 aliphatic rings. The van der Waals surface area contributed by atoms with Crippen LogP contribution in [0.15, 0.2) is 30.3 Å². The molecule has 0 radical (unpaired) electrons. The highest BCUT2D eigenvalue weighted by atomic mass is 32.2. The SMILES string of the molecule is CNC(CCc1ccccc1)C1CSC(C)C(C)S1. The first-order chi connectivity index (χ1) is 9.20. The lowest BCUT2D eigenvalue weighted by Gasteiger charge is -2.36. The van der Waals surface area contributed by atoms with Gasteiger partial charge in [0.1, 0.15) is 0 Å². The van der Waals surface area contributed by atoms with Crippen LogP contribution >= 0.6 is 23.5 Å². The van der Waals surface area contributed by atoms with Gasteiger partial charge in [-0.1, -0.05) is 44.2 Å². The van der Waals surface area contributed by atoms with E-state index in [-0.39, 0.29) is 0 Å². The standard InChI is InChI=1S/C16H25NS2/c1-12-13(2)19-16(11-18-12)15(17-3)10-9-14-7-5-4-6-8-14/h4-8,12-13,15-17H,9-11H2,1-3H3. The summed E-state index contributed by atoms with van der Waals surface area (Å²) in [6, 6.07) is 11.5. The Morgan fingerprint density at radius 2 is 1.95 bits per heavy atom. The van der Waals surface area contributed by atoms with Crippen LogP contribution in [0.3, 0.4) is 0 Å². The molecular formula is C16H25NS2. The van der Waals surface area contributed by atoms with Crippen LogP contribution in [0.2, 0.25) is 0 Å². The Bertz CT molecular complexity index is 368. The molecule has 1 aromatic rings. The van der Waals surface area contributed by atoms with Crippen LogP contribution in [-0.2, 0) is 6.42 Å². The van der Waals surface area contributed by atoms with E-state index in [1.54, 1.807) is 0 Å². The van der Waals surface area contributed by atoms with Crippen molar-refractivity contribution in [3.63, 3.8) is 0 Å². The normalized spacial score (nSPS) is 29.1. The quantitative estimate of drug-likeness (QED) is 0.886. The summed E-state index contributed by atoms with van der Waals surface area (Å²) in [5.41, 5.74) is 1.46. The van der Waals surface area contributed by atoms with Crippen LogP contribution < -0.4 is 5.32 Å². The van der Waals surface area contributed by atoms with Gasteiger partial charge in [-0.25, -0.2) is 0 Å². The molecule has 3 heteroatoms. The van der Waals surface area contributed by atoms with E-state index < -0.39 is 0 Å². The number of aryl methyl sites for hydroxylation is 1. The second kappa shape index (κ2) is 7.61. The summed E-state index contributed by atoms with van der Waals surface area (Å²) in [5.74, 6) is 1.29. The molecule has 0 saturated carbocycles. The van der Waals surface area contributed by atoms with E-state index in [2.05, 4.69) is 80.1 Å². The van der Waals surface area contributed by atoms with Crippen molar-refractivity contribution in [3.05, 3.63) is 35.9 Å². The molecule has 1 saturated heterocycles. The maximum absolute atomic E-state index is 3.54. The molecule has 19 heavy (non-hydrogen) atoms. The smallest absolute Gasteiger partial charge is 0.0294 e. The molecule has 1 aliphatic heterocycles. The van der Waals surface area contributed by atoms with Gasteiger partial charge >= 0.3 is 0 Å². The molecule has 2 rings (SSSR count). The Hall–Kier alpha value is -0.120. The monoisotopic (exact) mass is 295 g/mol. The Morgan fingerprint density at radius 3 is 2.58 bits per heavy atom. The van der Waals surface area contributed by atoms with Gasteiger partial charge in [-0.2, -0.15) is 23.5 Å². The van der Waals surface area contributed by atoms with E-state index in [9.17, 15) is 0 Å². The average molecular weight is 296 g/mol. The van der Waals surface area contributed by atoms with Gasteiger partial charge in [0.05, 0.1) is 0 Å². The summed E-state index contributed by atoms with van der Waals surface area (Å²) in [5, 5.41) is 5.87. The Labute approximate surface area is 126 Å². The van der Waals surface area contributed by atoms with Crippen molar-refractivity contribution in [1.29, 1.82) is 0 Å². The number of hydrogen-bond acceptors (Lipinski definition) is 3. The van der Waals surface area contributed by atoms with Crippen molar-refractivity contribution in [3.8, 4) is 0 Å². The van der Waals surface area contributed by atoms with Crippen molar-refractivity contribution < 1.29 is 0 Å². The topological polar surface area (TPSA) is 12.0 Å². The first-order valence-corrected chi connectivity index (χ1v) is 9.18. The van der Waals surface area contributed by atoms with E-state index in [0.717, 1.165) is 15.7 Å². The van der Waals surface area contributed by atoms with Crippen LogP contribution in [0.1, 0.15) is 25.8 Å². The van der Waals surface area contributed by atoms with Crippen LogP contribution in [0, 0.1) is 0 Å². The third-order valence-electron chi connectivity index (χ3n) is 3.98. The Balaban J connectivity index is 1.86. The lowest BCUT2D eigenvalue weighted by Crippen LogP contribution is -2.42. The average Bonchev–Trinajstić information content (AvgIpc) is 2.44. The molecule has 1 fully saturated rings. The number of benzene rings is 1. The van der Waals surface area contributed by atoms with Gasteiger partial charge in [-0.3, -0.25) is 0 Å². The van der Waals surface area contributed by atoms with Gasteiger partial charge < -0.3 is 5.32 Å². The summed E-state index contributed by atoms with van der Waals surface area (Å²) in [6.07, 6.45) is 2.41. The lowest BCUT2D eigenvalue weighted by atomic mass is 10.0. The van der Waals surface area contributed by atoms with Crippen molar-refractivity contribution >= 4 is 23.5 Å². The van der Waals surface area contributed by atoms with Crippen LogP contribution in [0.5, 0.6) is 0 Å². The molecule has 1 N–H and O–H groups in total. The molecule has 106 valence electrons. The first kappa shape index (κ1) is 15.3. The molecule has 1 heterocycles. The van der Waals surface area contributed by atoms with Crippen molar-refractivity contribution in [2.45, 2.75) is 48.5 Å². The highest BCUT2D eigenvalue weighted by Crippen LogP contribution is 2.37. The van der Waals surface area contributed by atoms with E-state index in [0.29, 0.717) is 6.04 Å². The zero-order valence-electron chi connectivity index (χ0n) is 12.1. The Kier molecular flexibility index (Phi) is 6.11. The van der Waals surface area contributed by atoms with Gasteiger partial charge in [0.15, 0.2) is 0 Å². The van der Waals surface area contributed by atoms with Crippen LogP contribution in [0.25, 0.3) is 0 Å². The maximum Gasteiger partial charge on any atom is 0.0294 e. The van der Waals surface area contributed by atoms with Gasteiger partial charge in [0, 0.05) is 27.5 Å². The predicted octanol–water partition coefficient (Wildman–Crippen LogP) is 3.83. The highest BCUT2D eigenvalue weighted by molar-refractivity contribution is 8.07. The molecule has 1 aromatic carbocycles. The largest absolute Gasteiger partial charge is 0.316 e. The summed E-state index contributed by atoms with van der Waals surface area (Å²) in [4.78, 5) is 0. The molecular weight excluding hydrogens is 270 g/mol. The summed E-state index contributed by atoms with van der Waals surface area (Å²) >= 11 is 4.32. The highest BCUT2D eigenvalue weighted by Gasteiger charge is 2.30. The van der Waals surface area contributed by atoms with E-state index in [1.165, 1.54) is 24.2 Å². The lowest BCUT2D eigenvalue weighted by molar-refractivity contribution is 0.519. The van der Waals surface area contributed by atoms with Crippen molar-refractivity contribution in [2.24, 2.45) is 0 Å². The third-order valence-corrected chi connectivity index (χ3v) is 7.53. The number of nitrogens with one attached hydrogen (secondary N) is 1. The number of thioether (sulfide) groups is 2. The summed E-state index contributed by atoms with van der Waals surface area (Å²) in [6.45, 7) is 4.73. The van der Waals surface area contributed by atoms with Crippen molar-refractivity contribution in [2.75, 3.05) is 12.8 Å². The first-order valence-electron chi connectivity index (χ1n) is 7.19. The third kappa shape index (κ3) is 4.44. The predicted molar refractivity (Wildman–Crippen MR) is 90.4 cm³/mol. The second-order valence-corrected chi connectivity index (χ2v) is 8.37. The minimum atomic E-state index is 0.632. The maximum atomic E-state index is 3.54. The van der Waals surface area contributed by atoms with Gasteiger partial charge in [-0.15, -0.1) is 0 Å². The van der Waals surface area contributed by atoms with E-state index >= 15 is 0 Å². The molecule has 4 unspecified atom stereocenters. The Morgan fingerprint density at radius 1 is 1.21 bits per heavy atom. The van der Waals surface area contributed by atoms with Gasteiger partial charge in [-0.05, 0) is 25.5 Å². The zero-order chi connectivity index (χ0) is 13.7. The molecule has 1 nitrogen and oxygen atoms in total. The van der Waals surface area contributed by atoms with Gasteiger partial charge in [0.2, 0.25) is 0 Å². The van der Waals surface area contributed by atoms with E-state index in [4.69, 9.17) is 0 Å². The van der Waals surface area contributed by atoms with Crippen LogP contribution in [0.4, 0.5) is 0 Å². The fraction of sp³-hybridized carbons (Fsp3) is 0.625. The zero-order valence-corrected chi connectivity index (χ0v) is 13.8. The summed E-state index contributed by atoms with van der Waals surface area (Å²) < 4.78 is 0.